The summed E-state index contributed by atoms with van der Waals surface area (Å²) < 4.78 is 5.74. The van der Waals surface area contributed by atoms with Crippen molar-refractivity contribution in [3.05, 3.63) is 41.7 Å². The SMILES string of the molecule is [C+]1=NC=CN1CCOc1ccc2c(c1)CCC2. The average Bonchev–Trinajstić information content (AvgIpc) is 2.98. The van der Waals surface area contributed by atoms with Crippen LogP contribution >= 0.6 is 0 Å². The van der Waals surface area contributed by atoms with Crippen molar-refractivity contribution >= 4 is 6.34 Å². The molecule has 2 aliphatic rings. The van der Waals surface area contributed by atoms with Crippen molar-refractivity contribution in [2.24, 2.45) is 4.99 Å². The second kappa shape index (κ2) is 4.56. The van der Waals surface area contributed by atoms with Crippen LogP contribution in [0, 0.1) is 0 Å². The molecule has 1 aromatic carbocycles. The molecule has 0 fully saturated rings. The number of benzene rings is 1. The maximum absolute atomic E-state index is 5.74. The number of ether oxygens (including phenoxy) is 1. The number of nitrogens with zero attached hydrogens (tertiary/aromatic N) is 2. The first-order valence-corrected chi connectivity index (χ1v) is 6.05. The first-order valence-electron chi connectivity index (χ1n) is 6.05. The van der Waals surface area contributed by atoms with Gasteiger partial charge in [0.25, 0.3) is 6.34 Å². The van der Waals surface area contributed by atoms with Crippen molar-refractivity contribution in [1.29, 1.82) is 0 Å². The second-order valence-electron chi connectivity index (χ2n) is 4.35. The van der Waals surface area contributed by atoms with Crippen molar-refractivity contribution in [2.45, 2.75) is 19.3 Å². The normalized spacial score (nSPS) is 16.1. The molecule has 86 valence electrons. The summed E-state index contributed by atoms with van der Waals surface area (Å²) in [6.45, 7) is 1.45. The molecule has 3 rings (SSSR count). The van der Waals surface area contributed by atoms with Gasteiger partial charge in [-0.1, -0.05) is 6.07 Å². The van der Waals surface area contributed by atoms with Gasteiger partial charge in [-0.3, -0.25) is 0 Å². The summed E-state index contributed by atoms with van der Waals surface area (Å²) in [6, 6.07) is 6.45. The van der Waals surface area contributed by atoms with Gasteiger partial charge in [0.15, 0.2) is 6.20 Å². The molecule has 0 atom stereocenters. The van der Waals surface area contributed by atoms with Crippen molar-refractivity contribution in [3.63, 3.8) is 0 Å². The van der Waals surface area contributed by atoms with Gasteiger partial charge in [0.1, 0.15) is 12.4 Å². The Labute approximate surface area is 101 Å². The van der Waals surface area contributed by atoms with Crippen LogP contribution in [-0.2, 0) is 12.8 Å². The van der Waals surface area contributed by atoms with Crippen LogP contribution in [0.4, 0.5) is 0 Å². The summed E-state index contributed by atoms with van der Waals surface area (Å²) in [4.78, 5) is 5.77. The molecule has 0 bridgehead atoms. The molecule has 1 aromatic rings. The van der Waals surface area contributed by atoms with Gasteiger partial charge < -0.3 is 4.74 Å². The van der Waals surface area contributed by atoms with Crippen LogP contribution in [0.15, 0.2) is 35.6 Å². The summed E-state index contributed by atoms with van der Waals surface area (Å²) in [7, 11) is 0. The average molecular weight is 227 g/mol. The first kappa shape index (κ1) is 10.3. The molecule has 0 saturated heterocycles. The molecule has 3 heteroatoms. The van der Waals surface area contributed by atoms with Crippen molar-refractivity contribution in [1.82, 2.24) is 4.90 Å². The Kier molecular flexibility index (Phi) is 2.76. The standard InChI is InChI=1S/C14H15N2O/c1-2-12-4-5-14(10-13(12)3-1)17-9-8-16-7-6-15-11-16/h4-7,10H,1-3,8-9H2/q+1. The Hall–Kier alpha value is -1.86. The van der Waals surface area contributed by atoms with Gasteiger partial charge in [0.05, 0.1) is 6.54 Å². The van der Waals surface area contributed by atoms with E-state index in [0.717, 1.165) is 12.3 Å². The summed E-state index contributed by atoms with van der Waals surface area (Å²) in [6.07, 6.45) is 10.2. The van der Waals surface area contributed by atoms with Crippen LogP contribution in [0.25, 0.3) is 0 Å². The molecule has 0 amide bonds. The number of aryl methyl sites for hydroxylation is 2. The van der Waals surface area contributed by atoms with Crippen molar-refractivity contribution in [2.75, 3.05) is 13.2 Å². The minimum atomic E-state index is 0.658. The number of fused-ring (bicyclic) bond motifs is 1. The Balaban J connectivity index is 1.54. The van der Waals surface area contributed by atoms with Crippen molar-refractivity contribution < 1.29 is 4.74 Å². The van der Waals surface area contributed by atoms with Crippen LogP contribution in [0.5, 0.6) is 5.75 Å². The van der Waals surface area contributed by atoms with Gasteiger partial charge in [0.2, 0.25) is 6.20 Å². The highest BCUT2D eigenvalue weighted by Gasteiger charge is 2.12. The fourth-order valence-corrected chi connectivity index (χ4v) is 2.28. The van der Waals surface area contributed by atoms with Gasteiger partial charge in [-0.05, 0) is 47.5 Å². The molecule has 1 aliphatic carbocycles. The molecule has 1 heterocycles. The molecule has 3 nitrogen and oxygen atoms in total. The van der Waals surface area contributed by atoms with Gasteiger partial charge >= 0.3 is 0 Å². The quantitative estimate of drug-likeness (QED) is 0.737. The molecule has 0 radical (unpaired) electrons. The first-order chi connectivity index (χ1) is 8.42. The van der Waals surface area contributed by atoms with E-state index in [1.807, 2.05) is 11.1 Å². The Morgan fingerprint density at radius 2 is 2.24 bits per heavy atom. The summed E-state index contributed by atoms with van der Waals surface area (Å²) in [5, 5.41) is 0. The monoisotopic (exact) mass is 227 g/mol. The number of rotatable bonds is 4. The van der Waals surface area contributed by atoms with E-state index < -0.39 is 0 Å². The zero-order valence-corrected chi connectivity index (χ0v) is 9.72. The second-order valence-corrected chi connectivity index (χ2v) is 4.35. The Morgan fingerprint density at radius 3 is 3.12 bits per heavy atom. The third kappa shape index (κ3) is 2.29. The van der Waals surface area contributed by atoms with Gasteiger partial charge in [0, 0.05) is 0 Å². The fraction of sp³-hybridized carbons (Fsp3) is 0.357. The topological polar surface area (TPSA) is 24.8 Å². The molecule has 0 saturated carbocycles. The smallest absolute Gasteiger partial charge is 0.255 e. The molecule has 0 N–H and O–H groups in total. The van der Waals surface area contributed by atoms with Crippen LogP contribution in [0.3, 0.4) is 0 Å². The molecule has 0 spiro atoms. The molecule has 1 aliphatic heterocycles. The lowest BCUT2D eigenvalue weighted by atomic mass is 10.1. The highest BCUT2D eigenvalue weighted by Crippen LogP contribution is 2.25. The minimum absolute atomic E-state index is 0.658. The summed E-state index contributed by atoms with van der Waals surface area (Å²) in [5.41, 5.74) is 2.94. The fourth-order valence-electron chi connectivity index (χ4n) is 2.28. The van der Waals surface area contributed by atoms with Crippen LogP contribution in [0.2, 0.25) is 0 Å². The Morgan fingerprint density at radius 1 is 1.29 bits per heavy atom. The highest BCUT2D eigenvalue weighted by molar-refractivity contribution is 5.60. The Bertz CT molecular complexity index is 453. The predicted octanol–water partition coefficient (Wildman–Crippen LogP) is 2.25. The zero-order valence-electron chi connectivity index (χ0n) is 9.72. The zero-order chi connectivity index (χ0) is 11.5. The van der Waals surface area contributed by atoms with Gasteiger partial charge in [-0.25, -0.2) is 0 Å². The molecule has 0 aromatic heterocycles. The van der Waals surface area contributed by atoms with Gasteiger partial charge in [-0.2, -0.15) is 4.90 Å². The summed E-state index contributed by atoms with van der Waals surface area (Å²) in [5.74, 6) is 0.978. The molecule has 0 unspecified atom stereocenters. The van der Waals surface area contributed by atoms with E-state index in [1.54, 1.807) is 6.20 Å². The number of aliphatic imine (C=N–C) groups is 1. The highest BCUT2D eigenvalue weighted by atomic mass is 16.5. The van der Waals surface area contributed by atoms with Crippen LogP contribution in [0.1, 0.15) is 17.5 Å². The number of hydrogen-bond donors (Lipinski definition) is 0. The van der Waals surface area contributed by atoms with Crippen LogP contribution in [-0.4, -0.2) is 24.4 Å². The lowest BCUT2D eigenvalue weighted by Gasteiger charge is -2.08. The van der Waals surface area contributed by atoms with E-state index in [2.05, 4.69) is 29.5 Å². The lowest BCUT2D eigenvalue weighted by Crippen LogP contribution is -2.19. The lowest BCUT2D eigenvalue weighted by molar-refractivity contribution is 0.295. The minimum Gasteiger partial charge on any atom is -0.492 e. The maximum Gasteiger partial charge on any atom is 0.255 e. The molecule has 17 heavy (non-hydrogen) atoms. The third-order valence-electron chi connectivity index (χ3n) is 3.18. The third-order valence-corrected chi connectivity index (χ3v) is 3.18. The van der Waals surface area contributed by atoms with E-state index in [9.17, 15) is 0 Å². The van der Waals surface area contributed by atoms with E-state index in [4.69, 9.17) is 4.74 Å². The summed E-state index contributed by atoms with van der Waals surface area (Å²) >= 11 is 0. The van der Waals surface area contributed by atoms with E-state index in [0.29, 0.717) is 6.61 Å². The van der Waals surface area contributed by atoms with E-state index >= 15 is 0 Å². The number of hydrogen-bond acceptors (Lipinski definition) is 3. The van der Waals surface area contributed by atoms with Crippen LogP contribution < -0.4 is 4.74 Å². The van der Waals surface area contributed by atoms with E-state index in [-0.39, 0.29) is 0 Å². The van der Waals surface area contributed by atoms with Gasteiger partial charge in [-0.15, -0.1) is 0 Å². The van der Waals surface area contributed by atoms with E-state index in [1.165, 1.54) is 30.4 Å². The molecular weight excluding hydrogens is 212 g/mol. The predicted molar refractivity (Wildman–Crippen MR) is 67.2 cm³/mol. The maximum atomic E-state index is 5.74. The molecular formula is C14H15N2O+. The largest absolute Gasteiger partial charge is 0.492 e. The van der Waals surface area contributed by atoms with Crippen molar-refractivity contribution in [3.8, 4) is 5.75 Å².